The molecule has 0 saturated heterocycles. The second-order valence-corrected chi connectivity index (χ2v) is 3.56. The first kappa shape index (κ1) is 9.92. The van der Waals surface area contributed by atoms with Crippen molar-refractivity contribution in [1.82, 2.24) is 0 Å². The maximum atomic E-state index is 12.4. The van der Waals surface area contributed by atoms with Gasteiger partial charge in [-0.25, -0.2) is 4.39 Å². The van der Waals surface area contributed by atoms with E-state index in [1.807, 2.05) is 0 Å². The Labute approximate surface area is 69.9 Å². The number of hydrogen-bond donors (Lipinski definition) is 1. The van der Waals surface area contributed by atoms with Gasteiger partial charge in [-0.05, 0) is 12.2 Å². The molecule has 0 aliphatic rings. The van der Waals surface area contributed by atoms with Crippen molar-refractivity contribution >= 4 is 36.0 Å². The minimum absolute atomic E-state index is 0.519. The normalized spacial score (nSPS) is 13.7. The molecule has 0 rings (SSSR count). The van der Waals surface area contributed by atoms with Gasteiger partial charge in [-0.15, -0.1) is 23.4 Å². The summed E-state index contributed by atoms with van der Waals surface area (Å²) in [7, 11) is 0. The van der Waals surface area contributed by atoms with E-state index in [0.717, 1.165) is 0 Å². The van der Waals surface area contributed by atoms with Crippen molar-refractivity contribution in [2.75, 3.05) is 17.4 Å². The first-order chi connectivity index (χ1) is 4.31. The van der Waals surface area contributed by atoms with E-state index in [1.54, 1.807) is 0 Å². The van der Waals surface area contributed by atoms with Crippen molar-refractivity contribution in [2.45, 2.75) is 11.9 Å². The Morgan fingerprint density at radius 1 is 1.67 bits per heavy atom. The van der Waals surface area contributed by atoms with Gasteiger partial charge in [-0.2, -0.15) is 12.6 Å². The maximum Gasteiger partial charge on any atom is 0.146 e. The Kier molecular flexibility index (Phi) is 7.75. The second-order valence-electron chi connectivity index (χ2n) is 1.48. The summed E-state index contributed by atoms with van der Waals surface area (Å²) in [6.45, 7) is 0. The van der Waals surface area contributed by atoms with Gasteiger partial charge in [0.1, 0.15) is 5.50 Å². The van der Waals surface area contributed by atoms with Crippen molar-refractivity contribution in [1.29, 1.82) is 0 Å². The highest BCUT2D eigenvalue weighted by molar-refractivity contribution is 7.99. The van der Waals surface area contributed by atoms with E-state index in [4.69, 9.17) is 11.6 Å². The molecule has 0 aliphatic heterocycles. The third kappa shape index (κ3) is 6.81. The van der Waals surface area contributed by atoms with Crippen LogP contribution in [0.2, 0.25) is 0 Å². The van der Waals surface area contributed by atoms with E-state index in [9.17, 15) is 4.39 Å². The van der Waals surface area contributed by atoms with Gasteiger partial charge in [0, 0.05) is 11.6 Å². The van der Waals surface area contributed by atoms with Crippen LogP contribution in [-0.4, -0.2) is 22.9 Å². The lowest BCUT2D eigenvalue weighted by Gasteiger charge is -2.02. The Morgan fingerprint density at radius 2 is 2.33 bits per heavy atom. The molecular weight excluding hydrogens is 179 g/mol. The summed E-state index contributed by atoms with van der Waals surface area (Å²) in [5, 5.41) is 0. The predicted octanol–water partition coefficient (Wildman–Crippen LogP) is 2.57. The average Bonchev–Trinajstić information content (AvgIpc) is 1.85. The zero-order chi connectivity index (χ0) is 7.11. The van der Waals surface area contributed by atoms with E-state index >= 15 is 0 Å². The molecule has 0 N–H and O–H groups in total. The van der Waals surface area contributed by atoms with E-state index in [1.165, 1.54) is 11.8 Å². The molecule has 0 fully saturated rings. The maximum absolute atomic E-state index is 12.4. The van der Waals surface area contributed by atoms with E-state index < -0.39 is 5.50 Å². The largest absolute Gasteiger partial charge is 0.236 e. The van der Waals surface area contributed by atoms with Gasteiger partial charge in [0.25, 0.3) is 0 Å². The molecule has 0 heterocycles. The van der Waals surface area contributed by atoms with Crippen LogP contribution >= 0.6 is 36.0 Å². The lowest BCUT2D eigenvalue weighted by molar-refractivity contribution is 0.446. The van der Waals surface area contributed by atoms with Gasteiger partial charge in [0.05, 0.1) is 0 Å². The zero-order valence-electron chi connectivity index (χ0n) is 5.02. The molecule has 0 spiro atoms. The van der Waals surface area contributed by atoms with Gasteiger partial charge in [-0.1, -0.05) is 0 Å². The standard InChI is InChI=1S/C5H10ClFS2/c6-2-4-9-5(7)1-3-8/h5,8H,1-4H2. The predicted molar refractivity (Wildman–Crippen MR) is 46.5 cm³/mol. The molecule has 0 bridgehead atoms. The molecule has 0 nitrogen and oxygen atoms in total. The number of rotatable bonds is 5. The van der Waals surface area contributed by atoms with Crippen LogP contribution in [0.15, 0.2) is 0 Å². The minimum atomic E-state index is -0.777. The number of halogens is 2. The molecule has 0 aromatic carbocycles. The molecule has 0 aromatic rings. The van der Waals surface area contributed by atoms with Crippen molar-refractivity contribution in [3.05, 3.63) is 0 Å². The number of thiol groups is 1. The molecule has 0 amide bonds. The summed E-state index contributed by atoms with van der Waals surface area (Å²) in [4.78, 5) is 0. The topological polar surface area (TPSA) is 0 Å². The van der Waals surface area contributed by atoms with Crippen LogP contribution in [0.25, 0.3) is 0 Å². The minimum Gasteiger partial charge on any atom is -0.236 e. The van der Waals surface area contributed by atoms with Crippen molar-refractivity contribution in [3.8, 4) is 0 Å². The average molecular weight is 189 g/mol. The lowest BCUT2D eigenvalue weighted by atomic mass is 10.5. The highest BCUT2D eigenvalue weighted by Crippen LogP contribution is 2.16. The molecule has 1 atom stereocenters. The monoisotopic (exact) mass is 188 g/mol. The van der Waals surface area contributed by atoms with Crippen LogP contribution in [0, 0.1) is 0 Å². The van der Waals surface area contributed by atoms with Gasteiger partial charge in [-0.3, -0.25) is 0 Å². The summed E-state index contributed by atoms with van der Waals surface area (Å²) < 4.78 is 12.4. The van der Waals surface area contributed by atoms with Gasteiger partial charge < -0.3 is 0 Å². The number of hydrogen-bond acceptors (Lipinski definition) is 2. The van der Waals surface area contributed by atoms with Crippen molar-refractivity contribution in [3.63, 3.8) is 0 Å². The Bertz CT molecular complexity index is 62.9. The number of alkyl halides is 2. The van der Waals surface area contributed by atoms with Crippen LogP contribution in [0.1, 0.15) is 6.42 Å². The Morgan fingerprint density at radius 3 is 2.78 bits per heavy atom. The van der Waals surface area contributed by atoms with Gasteiger partial charge in [0.2, 0.25) is 0 Å². The number of thioether (sulfide) groups is 1. The zero-order valence-corrected chi connectivity index (χ0v) is 7.48. The van der Waals surface area contributed by atoms with Crippen LogP contribution in [-0.2, 0) is 0 Å². The Balaban J connectivity index is 2.95. The van der Waals surface area contributed by atoms with Crippen molar-refractivity contribution in [2.24, 2.45) is 0 Å². The quantitative estimate of drug-likeness (QED) is 0.511. The molecule has 9 heavy (non-hydrogen) atoms. The van der Waals surface area contributed by atoms with E-state index in [2.05, 4.69) is 12.6 Å². The summed E-state index contributed by atoms with van der Waals surface area (Å²) >= 11 is 10.5. The second kappa shape index (κ2) is 7.03. The highest BCUT2D eigenvalue weighted by atomic mass is 35.5. The van der Waals surface area contributed by atoms with Crippen LogP contribution in [0.3, 0.4) is 0 Å². The molecule has 0 aliphatic carbocycles. The van der Waals surface area contributed by atoms with Crippen molar-refractivity contribution < 1.29 is 4.39 Å². The molecule has 1 unspecified atom stereocenters. The van der Waals surface area contributed by atoms with Gasteiger partial charge >= 0.3 is 0 Å². The fourth-order valence-corrected chi connectivity index (χ4v) is 1.66. The third-order valence-electron chi connectivity index (χ3n) is 0.732. The first-order valence-electron chi connectivity index (χ1n) is 2.73. The SMILES string of the molecule is FC(CCS)SCCCl. The fourth-order valence-electron chi connectivity index (χ4n) is 0.357. The highest BCUT2D eigenvalue weighted by Gasteiger charge is 2.03. The fraction of sp³-hybridized carbons (Fsp3) is 1.00. The molecule has 0 saturated carbocycles. The summed E-state index contributed by atoms with van der Waals surface area (Å²) in [6, 6.07) is 0. The summed E-state index contributed by atoms with van der Waals surface area (Å²) in [5.74, 6) is 1.82. The van der Waals surface area contributed by atoms with Crippen LogP contribution < -0.4 is 0 Å². The van der Waals surface area contributed by atoms with E-state index in [0.29, 0.717) is 23.8 Å². The molecule has 0 radical (unpaired) electrons. The molecule has 56 valence electrons. The molecule has 0 aromatic heterocycles. The van der Waals surface area contributed by atoms with Crippen LogP contribution in [0.4, 0.5) is 4.39 Å². The summed E-state index contributed by atoms with van der Waals surface area (Å²) in [6.07, 6.45) is 0.519. The Hall–Kier alpha value is 0.920. The van der Waals surface area contributed by atoms with E-state index in [-0.39, 0.29) is 0 Å². The molecule has 4 heteroatoms. The third-order valence-corrected chi connectivity index (χ3v) is 2.44. The first-order valence-corrected chi connectivity index (χ1v) is 4.95. The smallest absolute Gasteiger partial charge is 0.146 e. The van der Waals surface area contributed by atoms with Gasteiger partial charge in [0.15, 0.2) is 0 Å². The summed E-state index contributed by atoms with van der Waals surface area (Å²) in [5.41, 5.74) is -0.777. The lowest BCUT2D eigenvalue weighted by Crippen LogP contribution is -1.96. The van der Waals surface area contributed by atoms with Crippen LogP contribution in [0.5, 0.6) is 0 Å². The molecular formula is C5H10ClFS2.